The maximum Gasteiger partial charge on any atom is 0.250 e. The molecule has 0 spiro atoms. The average Bonchev–Trinajstić information content (AvgIpc) is 3.06. The average molecular weight is 346 g/mol. The van der Waals surface area contributed by atoms with Crippen molar-refractivity contribution in [2.24, 2.45) is 23.0 Å². The number of carbonyl (C=O) groups is 2. The van der Waals surface area contributed by atoms with E-state index in [-0.39, 0.29) is 28.7 Å². The Labute approximate surface area is 148 Å². The first-order valence-corrected chi connectivity index (χ1v) is 8.15. The first kappa shape index (κ1) is 18.8. The van der Waals surface area contributed by atoms with Gasteiger partial charge in [-0.2, -0.15) is 0 Å². The Morgan fingerprint density at radius 3 is 2.20 bits per heavy atom. The van der Waals surface area contributed by atoms with E-state index in [4.69, 9.17) is 15.2 Å². The summed E-state index contributed by atoms with van der Waals surface area (Å²) >= 11 is 0. The van der Waals surface area contributed by atoms with Crippen LogP contribution in [0, 0.1) is 17.3 Å². The first-order valence-electron chi connectivity index (χ1n) is 8.15. The highest BCUT2D eigenvalue weighted by molar-refractivity contribution is 6.05. The fourth-order valence-electron chi connectivity index (χ4n) is 3.25. The number of nitrogens with two attached hydrogens (primary N) is 1. The summed E-state index contributed by atoms with van der Waals surface area (Å²) in [6, 6.07) is 3.03. The maximum absolute atomic E-state index is 12.7. The van der Waals surface area contributed by atoms with Crippen LogP contribution in [0.1, 0.15) is 38.1 Å². The molecule has 1 aliphatic carbocycles. The summed E-state index contributed by atoms with van der Waals surface area (Å²) in [6.45, 7) is 8.15. The molecule has 0 radical (unpaired) electrons. The molecule has 1 saturated carbocycles. The number of rotatable bonds is 6. The van der Waals surface area contributed by atoms with Crippen molar-refractivity contribution in [3.63, 3.8) is 0 Å². The second kappa shape index (κ2) is 6.78. The molecule has 2 atom stereocenters. The van der Waals surface area contributed by atoms with Crippen molar-refractivity contribution in [2.75, 3.05) is 19.5 Å². The Morgan fingerprint density at radius 1 is 1.16 bits per heavy atom. The fraction of sp³-hybridized carbons (Fsp3) is 0.474. The number of hydrogen-bond donors (Lipinski definition) is 2. The summed E-state index contributed by atoms with van der Waals surface area (Å²) in [4.78, 5) is 24.5. The van der Waals surface area contributed by atoms with Gasteiger partial charge in [-0.05, 0) is 31.2 Å². The molecule has 1 fully saturated rings. The van der Waals surface area contributed by atoms with Gasteiger partial charge in [0.1, 0.15) is 0 Å². The summed E-state index contributed by atoms with van der Waals surface area (Å²) in [6.07, 6.45) is 2.12. The smallest absolute Gasteiger partial charge is 0.250 e. The molecule has 2 amide bonds. The van der Waals surface area contributed by atoms with Crippen molar-refractivity contribution in [1.29, 1.82) is 0 Å². The SMILES string of the molecule is COc1cc(NC(=O)C2C(C=C(C)C)C2(C)C)c(C(N)=O)cc1OC. The molecule has 6 heteroatoms. The second-order valence-corrected chi connectivity index (χ2v) is 7.18. The summed E-state index contributed by atoms with van der Waals surface area (Å²) in [5, 5.41) is 2.83. The highest BCUT2D eigenvalue weighted by atomic mass is 16.5. The van der Waals surface area contributed by atoms with E-state index in [9.17, 15) is 9.59 Å². The molecule has 1 aliphatic rings. The number of ether oxygens (including phenoxy) is 2. The molecule has 2 rings (SSSR count). The van der Waals surface area contributed by atoms with Crippen molar-refractivity contribution < 1.29 is 19.1 Å². The van der Waals surface area contributed by atoms with Gasteiger partial charge < -0.3 is 20.5 Å². The zero-order valence-electron chi connectivity index (χ0n) is 15.6. The third-order valence-electron chi connectivity index (χ3n) is 4.75. The topological polar surface area (TPSA) is 90.6 Å². The van der Waals surface area contributed by atoms with Crippen LogP contribution in [0.5, 0.6) is 11.5 Å². The van der Waals surface area contributed by atoms with Crippen LogP contribution in [-0.4, -0.2) is 26.0 Å². The maximum atomic E-state index is 12.7. The van der Waals surface area contributed by atoms with Gasteiger partial charge in [-0.15, -0.1) is 0 Å². The molecule has 0 saturated heterocycles. The van der Waals surface area contributed by atoms with Gasteiger partial charge in [-0.1, -0.05) is 25.5 Å². The number of benzene rings is 1. The van der Waals surface area contributed by atoms with Gasteiger partial charge in [0.15, 0.2) is 11.5 Å². The van der Waals surface area contributed by atoms with Crippen LogP contribution in [-0.2, 0) is 4.79 Å². The number of primary amides is 1. The van der Waals surface area contributed by atoms with Crippen molar-refractivity contribution in [2.45, 2.75) is 27.7 Å². The van der Waals surface area contributed by atoms with Gasteiger partial charge in [-0.3, -0.25) is 9.59 Å². The van der Waals surface area contributed by atoms with Crippen LogP contribution >= 0.6 is 0 Å². The molecule has 25 heavy (non-hydrogen) atoms. The highest BCUT2D eigenvalue weighted by Gasteiger charge is 2.60. The zero-order valence-corrected chi connectivity index (χ0v) is 15.6. The highest BCUT2D eigenvalue weighted by Crippen LogP contribution is 2.59. The zero-order chi connectivity index (χ0) is 18.9. The van der Waals surface area contributed by atoms with Crippen LogP contribution in [0.15, 0.2) is 23.8 Å². The van der Waals surface area contributed by atoms with Crippen LogP contribution in [0.25, 0.3) is 0 Å². The van der Waals surface area contributed by atoms with E-state index in [1.165, 1.54) is 25.9 Å². The molecular weight excluding hydrogens is 320 g/mol. The molecule has 0 aromatic heterocycles. The largest absolute Gasteiger partial charge is 0.493 e. The minimum absolute atomic E-state index is 0.120. The molecule has 1 aromatic rings. The van der Waals surface area contributed by atoms with Crippen LogP contribution in [0.3, 0.4) is 0 Å². The summed E-state index contributed by atoms with van der Waals surface area (Å²) in [5.74, 6) is 0.0300. The van der Waals surface area contributed by atoms with Crippen LogP contribution in [0.4, 0.5) is 5.69 Å². The van der Waals surface area contributed by atoms with E-state index >= 15 is 0 Å². The van der Waals surface area contributed by atoms with E-state index in [0.717, 1.165) is 0 Å². The lowest BCUT2D eigenvalue weighted by Crippen LogP contribution is -2.21. The van der Waals surface area contributed by atoms with Gasteiger partial charge in [0.2, 0.25) is 5.91 Å². The molecule has 2 unspecified atom stereocenters. The van der Waals surface area contributed by atoms with E-state index in [2.05, 4.69) is 25.2 Å². The number of anilines is 1. The number of nitrogens with one attached hydrogen (secondary N) is 1. The second-order valence-electron chi connectivity index (χ2n) is 7.18. The lowest BCUT2D eigenvalue weighted by molar-refractivity contribution is -0.118. The molecule has 3 N–H and O–H groups in total. The lowest BCUT2D eigenvalue weighted by atomic mass is 10.1. The Balaban J connectivity index is 2.32. The number of amides is 2. The molecular formula is C19H26N2O4. The van der Waals surface area contributed by atoms with Crippen LogP contribution in [0.2, 0.25) is 0 Å². The fourth-order valence-corrected chi connectivity index (χ4v) is 3.25. The Bertz CT molecular complexity index is 733. The van der Waals surface area contributed by atoms with Crippen molar-refractivity contribution in [1.82, 2.24) is 0 Å². The molecule has 1 aromatic carbocycles. The third-order valence-corrected chi connectivity index (χ3v) is 4.75. The van der Waals surface area contributed by atoms with Gasteiger partial charge in [0, 0.05) is 6.07 Å². The first-order chi connectivity index (χ1) is 11.6. The number of allylic oxidation sites excluding steroid dienone is 2. The number of carbonyl (C=O) groups excluding carboxylic acids is 2. The predicted molar refractivity (Wildman–Crippen MR) is 96.9 cm³/mol. The van der Waals surface area contributed by atoms with Crippen molar-refractivity contribution >= 4 is 17.5 Å². The Kier molecular flexibility index (Phi) is 5.11. The predicted octanol–water partition coefficient (Wildman–Crippen LogP) is 2.98. The van der Waals surface area contributed by atoms with Crippen LogP contribution < -0.4 is 20.5 Å². The van der Waals surface area contributed by atoms with Crippen molar-refractivity contribution in [3.8, 4) is 11.5 Å². The quantitative estimate of drug-likeness (QED) is 0.775. The van der Waals surface area contributed by atoms with Crippen molar-refractivity contribution in [3.05, 3.63) is 29.3 Å². The van der Waals surface area contributed by atoms with Gasteiger partial charge in [0.05, 0.1) is 31.4 Å². The molecule has 0 bridgehead atoms. The van der Waals surface area contributed by atoms with E-state index in [0.29, 0.717) is 17.2 Å². The minimum Gasteiger partial charge on any atom is -0.493 e. The van der Waals surface area contributed by atoms with Gasteiger partial charge in [0.25, 0.3) is 5.91 Å². The van der Waals surface area contributed by atoms with E-state index in [1.807, 2.05) is 13.8 Å². The van der Waals surface area contributed by atoms with E-state index < -0.39 is 5.91 Å². The molecule has 6 nitrogen and oxygen atoms in total. The standard InChI is InChI=1S/C19H26N2O4/c1-10(2)7-12-16(19(12,3)4)18(23)21-13-9-15(25-6)14(24-5)8-11(13)17(20)22/h7-9,12,16H,1-6H3,(H2,20,22)(H,21,23). The van der Waals surface area contributed by atoms with Gasteiger partial charge in [-0.25, -0.2) is 0 Å². The Morgan fingerprint density at radius 2 is 1.72 bits per heavy atom. The molecule has 136 valence electrons. The summed E-state index contributed by atoms with van der Waals surface area (Å²) in [7, 11) is 2.96. The number of methoxy groups -OCH3 is 2. The molecule has 0 heterocycles. The molecule has 0 aliphatic heterocycles. The summed E-state index contributed by atoms with van der Waals surface area (Å²) < 4.78 is 10.4. The van der Waals surface area contributed by atoms with Gasteiger partial charge >= 0.3 is 0 Å². The number of hydrogen-bond acceptors (Lipinski definition) is 4. The summed E-state index contributed by atoms with van der Waals surface area (Å²) in [5.41, 5.74) is 7.02. The normalized spacial score (nSPS) is 20.4. The third kappa shape index (κ3) is 3.62. The lowest BCUT2D eigenvalue weighted by Gasteiger charge is -2.14. The Hall–Kier alpha value is -2.50. The van der Waals surface area contributed by atoms with E-state index in [1.54, 1.807) is 6.07 Å². The monoisotopic (exact) mass is 346 g/mol. The minimum atomic E-state index is -0.646.